The topological polar surface area (TPSA) is 87.2 Å². The summed E-state index contributed by atoms with van der Waals surface area (Å²) < 4.78 is 0. The van der Waals surface area contributed by atoms with Gasteiger partial charge >= 0.3 is 0 Å². The van der Waals surface area contributed by atoms with Crippen LogP contribution in [0.3, 0.4) is 0 Å². The molecule has 39 heavy (non-hydrogen) atoms. The van der Waals surface area contributed by atoms with Gasteiger partial charge in [-0.25, -0.2) is 9.97 Å². The molecule has 6 rings (SSSR count). The van der Waals surface area contributed by atoms with Crippen molar-refractivity contribution in [3.8, 4) is 23.7 Å². The molecule has 0 saturated heterocycles. The van der Waals surface area contributed by atoms with Crippen molar-refractivity contribution in [1.29, 1.82) is 0 Å². The maximum absolute atomic E-state index is 6.06. The lowest BCUT2D eigenvalue weighted by molar-refractivity contribution is 0.555. The molecule has 6 aromatic rings. The van der Waals surface area contributed by atoms with Crippen molar-refractivity contribution < 1.29 is 0 Å². The zero-order valence-electron chi connectivity index (χ0n) is 21.1. The van der Waals surface area contributed by atoms with Gasteiger partial charge in [0.1, 0.15) is 33.5 Å². The molecule has 0 unspecified atom stereocenters. The third kappa shape index (κ3) is 7.26. The first kappa shape index (κ1) is 26.1. The van der Waals surface area contributed by atoms with Gasteiger partial charge in [0.2, 0.25) is 0 Å². The second-order valence-electron chi connectivity index (χ2n) is 8.26. The first-order valence-electron chi connectivity index (χ1n) is 12.2. The van der Waals surface area contributed by atoms with Crippen molar-refractivity contribution in [2.75, 3.05) is 0 Å². The van der Waals surface area contributed by atoms with Gasteiger partial charge in [-0.3, -0.25) is 0 Å². The van der Waals surface area contributed by atoms with Crippen LogP contribution in [0.1, 0.15) is 29.2 Å². The van der Waals surface area contributed by atoms with Crippen molar-refractivity contribution in [3.63, 3.8) is 0 Å². The van der Waals surface area contributed by atoms with Gasteiger partial charge in [-0.1, -0.05) is 47.7 Å². The monoisotopic (exact) mass is 550 g/mol. The quantitative estimate of drug-likeness (QED) is 0.267. The molecule has 0 spiro atoms. The molecule has 0 atom stereocenters. The van der Waals surface area contributed by atoms with Gasteiger partial charge < -0.3 is 0 Å². The summed E-state index contributed by atoms with van der Waals surface area (Å²) in [6.07, 6.45) is 3.11. The highest BCUT2D eigenvalue weighted by Crippen LogP contribution is 2.19. The Morgan fingerprint density at radius 1 is 0.744 bits per heavy atom. The van der Waals surface area contributed by atoms with Gasteiger partial charge in [0.05, 0.1) is 23.1 Å². The maximum atomic E-state index is 6.06. The Balaban J connectivity index is 0.000000158. The third-order valence-electron chi connectivity index (χ3n) is 5.32. The molecule has 4 aromatic heterocycles. The first-order chi connectivity index (χ1) is 19.1. The van der Waals surface area contributed by atoms with Crippen LogP contribution < -0.4 is 0 Å². The molecule has 10 heteroatoms. The zero-order chi connectivity index (χ0) is 26.9. The van der Waals surface area contributed by atoms with E-state index in [-0.39, 0.29) is 0 Å². The maximum Gasteiger partial charge on any atom is 0.131 e. The molecule has 0 aliphatic carbocycles. The zero-order valence-corrected chi connectivity index (χ0v) is 22.7. The predicted molar refractivity (Wildman–Crippen MR) is 154 cm³/mol. The van der Waals surface area contributed by atoms with E-state index in [1.807, 2.05) is 73.0 Å². The smallest absolute Gasteiger partial charge is 0.131 e. The fourth-order valence-electron chi connectivity index (χ4n) is 3.53. The molecule has 0 amide bonds. The minimum absolute atomic E-state index is 0.619. The molecule has 0 bridgehead atoms. The van der Waals surface area contributed by atoms with Crippen LogP contribution in [0, 0.1) is 30.6 Å². The molecule has 4 heterocycles. The summed E-state index contributed by atoms with van der Waals surface area (Å²) in [5.41, 5.74) is 4.99. The summed E-state index contributed by atoms with van der Waals surface area (Å²) >= 11 is 7.68. The third-order valence-corrected chi connectivity index (χ3v) is 6.40. The van der Waals surface area contributed by atoms with E-state index in [4.69, 9.17) is 11.6 Å². The lowest BCUT2D eigenvalue weighted by Crippen LogP contribution is -2.01. The van der Waals surface area contributed by atoms with Crippen molar-refractivity contribution in [2.24, 2.45) is 0 Å². The molecule has 0 aliphatic heterocycles. The summed E-state index contributed by atoms with van der Waals surface area (Å²) in [5, 5.41) is 21.1. The number of nitrogens with zero attached hydrogens (tertiary/aromatic N) is 8. The number of fused-ring (bicyclic) bond motifs is 2. The molecule has 0 N–H and O–H groups in total. The van der Waals surface area contributed by atoms with E-state index in [1.54, 1.807) is 27.1 Å². The summed E-state index contributed by atoms with van der Waals surface area (Å²) in [6.45, 7) is 3.31. The summed E-state index contributed by atoms with van der Waals surface area (Å²) in [7, 11) is 0. The van der Waals surface area contributed by atoms with Crippen LogP contribution in [-0.4, -0.2) is 40.0 Å². The average Bonchev–Trinajstić information content (AvgIpc) is 3.68. The fourth-order valence-corrected chi connectivity index (χ4v) is 4.28. The fraction of sp³-hybridized carbons (Fsp3) is 0.172. The standard InChI is InChI=1S/C15H11ClN4.C14H12N4S/c16-13-8-5-9-14-15(13)19-20(18-14)11-4-2-7-12-6-1-3-10-17-12;1-11-15-12(10-19-11)6-4-5-9-18-16-13-7-2-3-8-14(13)17-18/h1,3,5-6,8-10H,4,11H2;2-3,7-8,10H,5,9H2,1H3. The van der Waals surface area contributed by atoms with E-state index in [0.717, 1.165) is 44.9 Å². The van der Waals surface area contributed by atoms with Gasteiger partial charge in [0.25, 0.3) is 0 Å². The number of hydrogen-bond acceptors (Lipinski definition) is 7. The van der Waals surface area contributed by atoms with Gasteiger partial charge in [-0.2, -0.15) is 30.0 Å². The van der Waals surface area contributed by atoms with Crippen molar-refractivity contribution in [1.82, 2.24) is 40.0 Å². The van der Waals surface area contributed by atoms with Crippen LogP contribution in [0.4, 0.5) is 0 Å². The Labute approximate surface area is 234 Å². The van der Waals surface area contributed by atoms with Gasteiger partial charge in [-0.15, -0.1) is 11.3 Å². The predicted octanol–water partition coefficient (Wildman–Crippen LogP) is 5.56. The van der Waals surface area contributed by atoms with Gasteiger partial charge in [0.15, 0.2) is 0 Å². The van der Waals surface area contributed by atoms with Crippen LogP contribution in [0.25, 0.3) is 22.1 Å². The van der Waals surface area contributed by atoms with Crippen molar-refractivity contribution in [3.05, 3.63) is 93.7 Å². The Morgan fingerprint density at radius 2 is 1.38 bits per heavy atom. The first-order valence-corrected chi connectivity index (χ1v) is 13.5. The highest BCUT2D eigenvalue weighted by atomic mass is 35.5. The van der Waals surface area contributed by atoms with Crippen LogP contribution in [-0.2, 0) is 13.1 Å². The number of thiazole rings is 1. The SMILES string of the molecule is Cc1nc(C#CCCn2nc3ccccc3n2)cs1.Clc1cccc2nn(CCC#Cc3ccccn3)nc12. The number of aromatic nitrogens is 8. The molecular formula is C29H23ClN8S. The second-order valence-corrected chi connectivity index (χ2v) is 9.73. The molecule has 0 saturated carbocycles. The van der Waals surface area contributed by atoms with Crippen LogP contribution in [0.15, 0.2) is 72.2 Å². The van der Waals surface area contributed by atoms with Crippen molar-refractivity contribution in [2.45, 2.75) is 32.9 Å². The average molecular weight is 551 g/mol. The molecule has 0 fully saturated rings. The summed E-state index contributed by atoms with van der Waals surface area (Å²) in [4.78, 5) is 11.8. The van der Waals surface area contributed by atoms with E-state index >= 15 is 0 Å². The second kappa shape index (κ2) is 12.8. The number of aryl methyl sites for hydroxylation is 3. The molecule has 8 nitrogen and oxygen atoms in total. The van der Waals surface area contributed by atoms with Crippen LogP contribution in [0.5, 0.6) is 0 Å². The molecule has 0 radical (unpaired) electrons. The Kier molecular flexibility index (Phi) is 8.54. The number of hydrogen-bond donors (Lipinski definition) is 0. The lowest BCUT2D eigenvalue weighted by atomic mass is 10.3. The summed E-state index contributed by atoms with van der Waals surface area (Å²) in [6, 6.07) is 19.1. The number of rotatable bonds is 4. The Bertz CT molecular complexity index is 1780. The number of benzene rings is 2. The molecule has 0 aliphatic rings. The summed E-state index contributed by atoms with van der Waals surface area (Å²) in [5.74, 6) is 12.2. The molecule has 192 valence electrons. The van der Waals surface area contributed by atoms with Gasteiger partial charge in [0, 0.05) is 24.4 Å². The Hall–Kier alpha value is -4.57. The Morgan fingerprint density at radius 3 is 2.03 bits per heavy atom. The minimum atomic E-state index is 0.619. The van der Waals surface area contributed by atoms with Crippen LogP contribution in [0.2, 0.25) is 5.02 Å². The highest BCUT2D eigenvalue weighted by Gasteiger charge is 2.05. The van der Waals surface area contributed by atoms with E-state index in [1.165, 1.54) is 0 Å². The number of halogens is 1. The van der Waals surface area contributed by atoms with Crippen LogP contribution >= 0.6 is 22.9 Å². The molecule has 2 aromatic carbocycles. The van der Waals surface area contributed by atoms with E-state index in [9.17, 15) is 0 Å². The minimum Gasteiger partial charge on any atom is -0.248 e. The van der Waals surface area contributed by atoms with E-state index < -0.39 is 0 Å². The largest absolute Gasteiger partial charge is 0.248 e. The number of pyridine rings is 1. The molecular weight excluding hydrogens is 528 g/mol. The van der Waals surface area contributed by atoms with Crippen molar-refractivity contribution >= 4 is 45.0 Å². The highest BCUT2D eigenvalue weighted by molar-refractivity contribution is 7.09. The normalized spacial score (nSPS) is 10.3. The van der Waals surface area contributed by atoms with E-state index in [0.29, 0.717) is 24.5 Å². The van der Waals surface area contributed by atoms with Gasteiger partial charge in [-0.05, 0) is 55.2 Å². The van der Waals surface area contributed by atoms with E-state index in [2.05, 4.69) is 54.0 Å². The lowest BCUT2D eigenvalue weighted by Gasteiger charge is -1.92.